The van der Waals surface area contributed by atoms with Crippen LogP contribution in [-0.2, 0) is 10.3 Å². The Morgan fingerprint density at radius 2 is 2.42 bits per heavy atom. The standard InChI is InChI=1S/C9H13NO2/c1-9(11,7-12-2)8-4-3-5-10-6-8/h3-6,11H,7H2,1-2H3. The van der Waals surface area contributed by atoms with Crippen LogP contribution in [0.1, 0.15) is 12.5 Å². The summed E-state index contributed by atoms with van der Waals surface area (Å²) in [6.45, 7) is 1.98. The number of hydrogen-bond acceptors (Lipinski definition) is 3. The van der Waals surface area contributed by atoms with Gasteiger partial charge in [0.1, 0.15) is 5.60 Å². The molecule has 0 bridgehead atoms. The monoisotopic (exact) mass is 167 g/mol. The third-order valence-corrected chi connectivity index (χ3v) is 1.71. The minimum atomic E-state index is -0.941. The van der Waals surface area contributed by atoms with Gasteiger partial charge in [-0.1, -0.05) is 6.07 Å². The van der Waals surface area contributed by atoms with Gasteiger partial charge in [-0.3, -0.25) is 4.98 Å². The molecule has 1 atom stereocenters. The summed E-state index contributed by atoms with van der Waals surface area (Å²) in [6.07, 6.45) is 3.31. The molecule has 0 fully saturated rings. The quantitative estimate of drug-likeness (QED) is 0.728. The number of hydrogen-bond donors (Lipinski definition) is 1. The normalized spacial score (nSPS) is 15.6. The molecule has 1 unspecified atom stereocenters. The highest BCUT2D eigenvalue weighted by molar-refractivity contribution is 5.16. The van der Waals surface area contributed by atoms with Crippen molar-refractivity contribution in [1.29, 1.82) is 0 Å². The van der Waals surface area contributed by atoms with Crippen molar-refractivity contribution in [1.82, 2.24) is 4.98 Å². The van der Waals surface area contributed by atoms with Crippen LogP contribution in [0.25, 0.3) is 0 Å². The fraction of sp³-hybridized carbons (Fsp3) is 0.444. The minimum Gasteiger partial charge on any atom is -0.383 e. The molecule has 1 N–H and O–H groups in total. The average Bonchev–Trinajstić information content (AvgIpc) is 2.06. The second kappa shape index (κ2) is 3.65. The molecule has 0 aliphatic heterocycles. The van der Waals surface area contributed by atoms with E-state index in [0.29, 0.717) is 0 Å². The second-order valence-corrected chi connectivity index (χ2v) is 2.95. The SMILES string of the molecule is COCC(C)(O)c1cccnc1. The Labute approximate surface area is 72.0 Å². The van der Waals surface area contributed by atoms with Crippen molar-refractivity contribution in [3.8, 4) is 0 Å². The van der Waals surface area contributed by atoms with E-state index < -0.39 is 5.60 Å². The van der Waals surface area contributed by atoms with E-state index >= 15 is 0 Å². The molecular formula is C9H13NO2. The number of ether oxygens (including phenoxy) is 1. The number of nitrogens with zero attached hydrogens (tertiary/aromatic N) is 1. The molecular weight excluding hydrogens is 154 g/mol. The summed E-state index contributed by atoms with van der Waals surface area (Å²) in [4.78, 5) is 3.92. The molecule has 1 rings (SSSR count). The van der Waals surface area contributed by atoms with Crippen LogP contribution in [0, 0.1) is 0 Å². The lowest BCUT2D eigenvalue weighted by molar-refractivity contribution is -0.0210. The molecule has 0 spiro atoms. The molecule has 66 valence electrons. The van der Waals surface area contributed by atoms with E-state index in [4.69, 9.17) is 4.74 Å². The molecule has 0 saturated heterocycles. The van der Waals surface area contributed by atoms with Crippen molar-refractivity contribution in [3.05, 3.63) is 30.1 Å². The smallest absolute Gasteiger partial charge is 0.112 e. The van der Waals surface area contributed by atoms with E-state index in [9.17, 15) is 5.11 Å². The van der Waals surface area contributed by atoms with Gasteiger partial charge in [0.2, 0.25) is 0 Å². The van der Waals surface area contributed by atoms with Gasteiger partial charge in [-0.25, -0.2) is 0 Å². The summed E-state index contributed by atoms with van der Waals surface area (Å²) >= 11 is 0. The number of pyridine rings is 1. The molecule has 1 aromatic heterocycles. The molecule has 0 aliphatic rings. The molecule has 1 heterocycles. The van der Waals surface area contributed by atoms with Gasteiger partial charge in [-0.2, -0.15) is 0 Å². The Kier molecular flexibility index (Phi) is 2.78. The number of aliphatic hydroxyl groups is 1. The summed E-state index contributed by atoms with van der Waals surface area (Å²) in [7, 11) is 1.56. The van der Waals surface area contributed by atoms with Crippen molar-refractivity contribution < 1.29 is 9.84 Å². The fourth-order valence-corrected chi connectivity index (χ4v) is 1.05. The maximum absolute atomic E-state index is 9.82. The highest BCUT2D eigenvalue weighted by Gasteiger charge is 2.22. The molecule has 1 aromatic rings. The Bertz CT molecular complexity index is 234. The lowest BCUT2D eigenvalue weighted by atomic mass is 9.99. The topological polar surface area (TPSA) is 42.4 Å². The third kappa shape index (κ3) is 2.03. The van der Waals surface area contributed by atoms with Gasteiger partial charge >= 0.3 is 0 Å². The highest BCUT2D eigenvalue weighted by atomic mass is 16.5. The first-order chi connectivity index (χ1) is 5.67. The van der Waals surface area contributed by atoms with Gasteiger partial charge in [0.25, 0.3) is 0 Å². The first-order valence-corrected chi connectivity index (χ1v) is 3.78. The van der Waals surface area contributed by atoms with Crippen LogP contribution >= 0.6 is 0 Å². The van der Waals surface area contributed by atoms with E-state index in [1.54, 1.807) is 32.5 Å². The number of aromatic nitrogens is 1. The highest BCUT2D eigenvalue weighted by Crippen LogP contribution is 2.18. The van der Waals surface area contributed by atoms with Gasteiger partial charge in [0.05, 0.1) is 6.61 Å². The van der Waals surface area contributed by atoms with Crippen LogP contribution in [0.15, 0.2) is 24.5 Å². The zero-order valence-electron chi connectivity index (χ0n) is 7.32. The Morgan fingerprint density at radius 1 is 1.67 bits per heavy atom. The average molecular weight is 167 g/mol. The molecule has 0 aliphatic carbocycles. The molecule has 0 radical (unpaired) electrons. The first-order valence-electron chi connectivity index (χ1n) is 3.78. The summed E-state index contributed by atoms with van der Waals surface area (Å²) in [5, 5.41) is 9.82. The van der Waals surface area contributed by atoms with Crippen LogP contribution < -0.4 is 0 Å². The van der Waals surface area contributed by atoms with Crippen LogP contribution in [0.5, 0.6) is 0 Å². The lowest BCUT2D eigenvalue weighted by Gasteiger charge is -2.21. The van der Waals surface area contributed by atoms with Gasteiger partial charge in [-0.05, 0) is 13.0 Å². The van der Waals surface area contributed by atoms with Crippen LogP contribution in [-0.4, -0.2) is 23.8 Å². The summed E-state index contributed by atoms with van der Waals surface area (Å²) in [5.41, 5.74) is -0.171. The van der Waals surface area contributed by atoms with E-state index in [-0.39, 0.29) is 6.61 Å². The lowest BCUT2D eigenvalue weighted by Crippen LogP contribution is -2.27. The van der Waals surface area contributed by atoms with Gasteiger partial charge in [-0.15, -0.1) is 0 Å². The Hall–Kier alpha value is -0.930. The van der Waals surface area contributed by atoms with Crippen molar-refractivity contribution in [2.24, 2.45) is 0 Å². The molecule has 0 amide bonds. The Balaban J connectivity index is 2.82. The van der Waals surface area contributed by atoms with E-state index in [1.165, 1.54) is 0 Å². The summed E-state index contributed by atoms with van der Waals surface area (Å²) in [5.74, 6) is 0. The largest absolute Gasteiger partial charge is 0.383 e. The number of rotatable bonds is 3. The molecule has 3 nitrogen and oxygen atoms in total. The van der Waals surface area contributed by atoms with Crippen molar-refractivity contribution in [3.63, 3.8) is 0 Å². The molecule has 0 saturated carbocycles. The fourth-order valence-electron chi connectivity index (χ4n) is 1.05. The predicted octanol–water partition coefficient (Wildman–Crippen LogP) is 0.935. The van der Waals surface area contributed by atoms with Crippen molar-refractivity contribution in [2.45, 2.75) is 12.5 Å². The van der Waals surface area contributed by atoms with Crippen molar-refractivity contribution in [2.75, 3.05) is 13.7 Å². The van der Waals surface area contributed by atoms with Gasteiger partial charge in [0, 0.05) is 25.1 Å². The third-order valence-electron chi connectivity index (χ3n) is 1.71. The maximum Gasteiger partial charge on any atom is 0.112 e. The minimum absolute atomic E-state index is 0.276. The van der Waals surface area contributed by atoms with Crippen molar-refractivity contribution >= 4 is 0 Å². The second-order valence-electron chi connectivity index (χ2n) is 2.95. The van der Waals surface area contributed by atoms with Gasteiger partial charge in [0.15, 0.2) is 0 Å². The van der Waals surface area contributed by atoms with Gasteiger partial charge < -0.3 is 9.84 Å². The Morgan fingerprint density at radius 3 is 2.92 bits per heavy atom. The van der Waals surface area contributed by atoms with Crippen LogP contribution in [0.2, 0.25) is 0 Å². The zero-order valence-corrected chi connectivity index (χ0v) is 7.32. The molecule has 0 aromatic carbocycles. The molecule has 12 heavy (non-hydrogen) atoms. The summed E-state index contributed by atoms with van der Waals surface area (Å²) in [6, 6.07) is 3.62. The first kappa shape index (κ1) is 9.16. The van der Waals surface area contributed by atoms with E-state index in [2.05, 4.69) is 4.98 Å². The van der Waals surface area contributed by atoms with Crippen LogP contribution in [0.4, 0.5) is 0 Å². The van der Waals surface area contributed by atoms with E-state index in [0.717, 1.165) is 5.56 Å². The van der Waals surface area contributed by atoms with E-state index in [1.807, 2.05) is 6.07 Å². The number of methoxy groups -OCH3 is 1. The zero-order chi connectivity index (χ0) is 9.03. The maximum atomic E-state index is 9.82. The summed E-state index contributed by atoms with van der Waals surface area (Å²) < 4.78 is 4.88. The van der Waals surface area contributed by atoms with Crippen LogP contribution in [0.3, 0.4) is 0 Å². The predicted molar refractivity (Wildman–Crippen MR) is 45.7 cm³/mol. The molecule has 3 heteroatoms.